The molecule has 2 aliphatic heterocycles. The maximum absolute atomic E-state index is 9.63. The molecule has 1 aromatic carbocycles. The van der Waals surface area contributed by atoms with Gasteiger partial charge in [-0.25, -0.2) is 9.97 Å². The van der Waals surface area contributed by atoms with Gasteiger partial charge in [0.1, 0.15) is 0 Å². The van der Waals surface area contributed by atoms with Crippen LogP contribution in [0.2, 0.25) is 0 Å². The van der Waals surface area contributed by atoms with Crippen molar-refractivity contribution in [3.63, 3.8) is 0 Å². The van der Waals surface area contributed by atoms with E-state index in [4.69, 9.17) is 0 Å². The largest absolute Gasteiger partial charge is 0.391 e. The van der Waals surface area contributed by atoms with Crippen molar-refractivity contribution in [1.82, 2.24) is 14.9 Å². The summed E-state index contributed by atoms with van der Waals surface area (Å²) in [7, 11) is -0.523. The number of aliphatic hydroxyl groups excluding tert-OH is 1. The molecule has 3 heterocycles. The van der Waals surface area contributed by atoms with E-state index in [1.54, 1.807) is 12.4 Å². The fourth-order valence-electron chi connectivity index (χ4n) is 3.46. The van der Waals surface area contributed by atoms with Gasteiger partial charge in [0.15, 0.2) is 0 Å². The SMILES string of the molecule is OCC1=CC=C[SH]1c1ccccc1CN1CCN(c2ncccn2)CC1. The summed E-state index contributed by atoms with van der Waals surface area (Å²) in [5.41, 5.74) is 1.37. The zero-order valence-corrected chi connectivity index (χ0v) is 15.6. The molecule has 26 heavy (non-hydrogen) atoms. The highest BCUT2D eigenvalue weighted by atomic mass is 32.2. The highest BCUT2D eigenvalue weighted by Gasteiger charge is 2.21. The van der Waals surface area contributed by atoms with Crippen LogP contribution in [0.25, 0.3) is 0 Å². The van der Waals surface area contributed by atoms with E-state index in [0.717, 1.165) is 43.6 Å². The van der Waals surface area contributed by atoms with Crippen LogP contribution in [-0.4, -0.2) is 52.8 Å². The molecular formula is C20H24N4OS. The van der Waals surface area contributed by atoms with E-state index < -0.39 is 10.9 Å². The minimum atomic E-state index is -0.523. The summed E-state index contributed by atoms with van der Waals surface area (Å²) in [4.78, 5) is 16.0. The molecular weight excluding hydrogens is 344 g/mol. The summed E-state index contributed by atoms with van der Waals surface area (Å²) in [6.07, 6.45) is 7.73. The van der Waals surface area contributed by atoms with Gasteiger partial charge in [-0.15, -0.1) is 0 Å². The number of thiol groups is 1. The first-order chi connectivity index (χ1) is 12.8. The first-order valence-corrected chi connectivity index (χ1v) is 10.4. The minimum Gasteiger partial charge on any atom is -0.391 e. The minimum absolute atomic E-state index is 0.142. The maximum Gasteiger partial charge on any atom is 0.225 e. The normalized spacial score (nSPS) is 21.8. The molecule has 5 nitrogen and oxygen atoms in total. The van der Waals surface area contributed by atoms with Crippen LogP contribution >= 0.6 is 10.9 Å². The number of anilines is 1. The van der Waals surface area contributed by atoms with Gasteiger partial charge >= 0.3 is 0 Å². The molecule has 136 valence electrons. The molecule has 2 aromatic rings. The summed E-state index contributed by atoms with van der Waals surface area (Å²) in [6.45, 7) is 4.99. The van der Waals surface area contributed by atoms with E-state index in [1.807, 2.05) is 6.07 Å². The zero-order chi connectivity index (χ0) is 17.8. The number of hydrogen-bond donors (Lipinski definition) is 2. The Morgan fingerprint density at radius 2 is 1.77 bits per heavy atom. The molecule has 0 saturated carbocycles. The molecule has 1 atom stereocenters. The second kappa shape index (κ2) is 8.03. The second-order valence-corrected chi connectivity index (χ2v) is 8.56. The fraction of sp³-hybridized carbons (Fsp3) is 0.300. The Balaban J connectivity index is 1.43. The van der Waals surface area contributed by atoms with Crippen molar-refractivity contribution in [1.29, 1.82) is 0 Å². The molecule has 0 spiro atoms. The highest BCUT2D eigenvalue weighted by Crippen LogP contribution is 2.49. The summed E-state index contributed by atoms with van der Waals surface area (Å²) >= 11 is 0. The topological polar surface area (TPSA) is 52.5 Å². The number of aromatic nitrogens is 2. The fourth-order valence-corrected chi connectivity index (χ4v) is 5.48. The third kappa shape index (κ3) is 3.67. The molecule has 1 saturated heterocycles. The van der Waals surface area contributed by atoms with Gasteiger partial charge < -0.3 is 10.0 Å². The lowest BCUT2D eigenvalue weighted by atomic mass is 10.2. The molecule has 1 N–H and O–H groups in total. The van der Waals surface area contributed by atoms with Crippen LogP contribution in [0, 0.1) is 0 Å². The molecule has 1 unspecified atom stereocenters. The quantitative estimate of drug-likeness (QED) is 0.795. The average molecular weight is 369 g/mol. The average Bonchev–Trinajstić information content (AvgIpc) is 3.18. The Kier molecular flexibility index (Phi) is 5.34. The van der Waals surface area contributed by atoms with Crippen molar-refractivity contribution in [3.8, 4) is 0 Å². The van der Waals surface area contributed by atoms with E-state index in [2.05, 4.69) is 61.6 Å². The molecule has 6 heteroatoms. The van der Waals surface area contributed by atoms with Gasteiger partial charge in [-0.2, -0.15) is 10.9 Å². The predicted octanol–water partition coefficient (Wildman–Crippen LogP) is 2.56. The van der Waals surface area contributed by atoms with Crippen molar-refractivity contribution in [2.45, 2.75) is 11.4 Å². The van der Waals surface area contributed by atoms with E-state index in [-0.39, 0.29) is 6.61 Å². The van der Waals surface area contributed by atoms with Crippen molar-refractivity contribution >= 4 is 16.8 Å². The maximum atomic E-state index is 9.63. The standard InChI is InChI=1S/C20H24N4OS/c25-16-18-6-3-14-26(18)19-7-2-1-5-17(19)15-23-10-12-24(13-11-23)20-21-8-4-9-22-20/h1-9,14,25-26H,10-13,15-16H2. The van der Waals surface area contributed by atoms with Crippen LogP contribution in [0.3, 0.4) is 0 Å². The van der Waals surface area contributed by atoms with Gasteiger partial charge in [0.2, 0.25) is 5.95 Å². The summed E-state index contributed by atoms with van der Waals surface area (Å²) in [5, 5.41) is 11.9. The van der Waals surface area contributed by atoms with Crippen molar-refractivity contribution in [2.75, 3.05) is 37.7 Å². The number of aliphatic hydroxyl groups is 1. The molecule has 2 aliphatic rings. The summed E-state index contributed by atoms with van der Waals surface area (Å²) < 4.78 is 0. The smallest absolute Gasteiger partial charge is 0.225 e. The van der Waals surface area contributed by atoms with Crippen LogP contribution in [0.15, 0.2) is 70.1 Å². The molecule has 0 bridgehead atoms. The molecule has 1 fully saturated rings. The lowest BCUT2D eigenvalue weighted by Crippen LogP contribution is -2.46. The summed E-state index contributed by atoms with van der Waals surface area (Å²) in [6, 6.07) is 10.5. The van der Waals surface area contributed by atoms with E-state index in [0.29, 0.717) is 0 Å². The Hall–Kier alpha value is -2.15. The predicted molar refractivity (Wildman–Crippen MR) is 108 cm³/mol. The first kappa shape index (κ1) is 17.3. The third-order valence-electron chi connectivity index (χ3n) is 4.85. The highest BCUT2D eigenvalue weighted by molar-refractivity contribution is 8.23. The molecule has 0 aliphatic carbocycles. The van der Waals surface area contributed by atoms with Gasteiger partial charge in [0, 0.05) is 45.1 Å². The summed E-state index contributed by atoms with van der Waals surface area (Å²) in [5.74, 6) is 0.824. The van der Waals surface area contributed by atoms with Crippen LogP contribution in [0.4, 0.5) is 5.95 Å². The molecule has 0 amide bonds. The van der Waals surface area contributed by atoms with Crippen LogP contribution < -0.4 is 4.90 Å². The van der Waals surface area contributed by atoms with Crippen molar-refractivity contribution in [2.24, 2.45) is 0 Å². The Morgan fingerprint density at radius 3 is 2.54 bits per heavy atom. The van der Waals surface area contributed by atoms with Gasteiger partial charge in [-0.3, -0.25) is 4.90 Å². The Labute approximate surface area is 157 Å². The van der Waals surface area contributed by atoms with Crippen LogP contribution in [0.1, 0.15) is 5.56 Å². The Morgan fingerprint density at radius 1 is 1.00 bits per heavy atom. The number of benzene rings is 1. The number of nitrogens with zero attached hydrogens (tertiary/aromatic N) is 4. The second-order valence-electron chi connectivity index (χ2n) is 6.47. The van der Waals surface area contributed by atoms with Crippen LogP contribution in [-0.2, 0) is 6.54 Å². The third-order valence-corrected chi connectivity index (χ3v) is 7.18. The van der Waals surface area contributed by atoms with Crippen molar-refractivity contribution < 1.29 is 5.11 Å². The number of piperazine rings is 1. The molecule has 4 rings (SSSR count). The van der Waals surface area contributed by atoms with Gasteiger partial charge in [-0.05, 0) is 32.9 Å². The lowest BCUT2D eigenvalue weighted by Gasteiger charge is -2.35. The first-order valence-electron chi connectivity index (χ1n) is 8.95. The lowest BCUT2D eigenvalue weighted by molar-refractivity contribution is 0.247. The molecule has 0 radical (unpaired) electrons. The number of allylic oxidation sites excluding steroid dienone is 2. The monoisotopic (exact) mass is 368 g/mol. The van der Waals surface area contributed by atoms with Crippen LogP contribution in [0.5, 0.6) is 0 Å². The van der Waals surface area contributed by atoms with Crippen molar-refractivity contribution in [3.05, 3.63) is 70.8 Å². The zero-order valence-electron chi connectivity index (χ0n) is 14.7. The van der Waals surface area contributed by atoms with Gasteiger partial charge in [0.05, 0.1) is 6.61 Å². The van der Waals surface area contributed by atoms with E-state index >= 15 is 0 Å². The van der Waals surface area contributed by atoms with Gasteiger partial charge in [0.25, 0.3) is 0 Å². The number of hydrogen-bond acceptors (Lipinski definition) is 5. The Bertz CT molecular complexity index is 800. The van der Waals surface area contributed by atoms with E-state index in [1.165, 1.54) is 10.5 Å². The number of rotatable bonds is 5. The van der Waals surface area contributed by atoms with E-state index in [9.17, 15) is 5.11 Å². The van der Waals surface area contributed by atoms with Gasteiger partial charge in [-0.1, -0.05) is 30.4 Å². The molecule has 1 aromatic heterocycles.